The number of benzene rings is 2. The molecule has 0 radical (unpaired) electrons. The van der Waals surface area contributed by atoms with Crippen LogP contribution in [0.3, 0.4) is 0 Å². The van der Waals surface area contributed by atoms with Crippen molar-refractivity contribution >= 4 is 40.0 Å². The lowest BCUT2D eigenvalue weighted by Crippen LogP contribution is -2.00. The zero-order valence-electron chi connectivity index (χ0n) is 9.91. The maximum Gasteiger partial charge on any atom is 0.163 e. The fraction of sp³-hybridized carbons (Fsp3) is 0.133. The van der Waals surface area contributed by atoms with Crippen LogP contribution in [0.15, 0.2) is 42.5 Å². The van der Waals surface area contributed by atoms with Crippen LogP contribution in [-0.2, 0) is 0 Å². The van der Waals surface area contributed by atoms with E-state index in [1.807, 2.05) is 49.4 Å². The van der Waals surface area contributed by atoms with Crippen LogP contribution in [0.1, 0.15) is 23.7 Å². The van der Waals surface area contributed by atoms with Crippen molar-refractivity contribution in [1.82, 2.24) is 0 Å². The lowest BCUT2D eigenvalue weighted by Gasteiger charge is -2.10. The van der Waals surface area contributed by atoms with Crippen molar-refractivity contribution in [2.24, 2.45) is 0 Å². The fourth-order valence-electron chi connectivity index (χ4n) is 1.85. The van der Waals surface area contributed by atoms with E-state index in [9.17, 15) is 4.79 Å². The van der Waals surface area contributed by atoms with Gasteiger partial charge in [-0.25, -0.2) is 0 Å². The van der Waals surface area contributed by atoms with Gasteiger partial charge in [-0.2, -0.15) is 0 Å². The maximum atomic E-state index is 12.0. The number of hydrogen-bond acceptors (Lipinski definition) is 1. The molecule has 0 saturated heterocycles. The second kappa shape index (κ2) is 5.85. The molecule has 0 aliphatic heterocycles. The van der Waals surface area contributed by atoms with E-state index in [0.29, 0.717) is 11.4 Å². The number of ketones is 1. The summed E-state index contributed by atoms with van der Waals surface area (Å²) in [5.74, 6) is 0.140. The van der Waals surface area contributed by atoms with Crippen LogP contribution < -0.4 is 0 Å². The average molecular weight is 371 g/mol. The van der Waals surface area contributed by atoms with Gasteiger partial charge in [-0.15, -0.1) is 0 Å². The highest BCUT2D eigenvalue weighted by atomic mass is 127. The molecule has 2 aromatic carbocycles. The molecule has 0 saturated carbocycles. The van der Waals surface area contributed by atoms with Gasteiger partial charge in [-0.3, -0.25) is 4.79 Å². The molecule has 0 bridgehead atoms. The summed E-state index contributed by atoms with van der Waals surface area (Å²) in [6.45, 7) is 1.87. The Morgan fingerprint density at radius 3 is 2.56 bits per heavy atom. The van der Waals surface area contributed by atoms with E-state index >= 15 is 0 Å². The number of rotatable bonds is 3. The SMILES string of the molecule is CCC(=O)c1ccc(I)cc1-c1ccccc1Cl. The summed E-state index contributed by atoms with van der Waals surface area (Å²) in [4.78, 5) is 12.0. The zero-order valence-corrected chi connectivity index (χ0v) is 12.8. The van der Waals surface area contributed by atoms with Gasteiger partial charge in [0.15, 0.2) is 5.78 Å². The Morgan fingerprint density at radius 1 is 1.17 bits per heavy atom. The Balaban J connectivity index is 2.66. The molecule has 0 atom stereocenters. The van der Waals surface area contributed by atoms with E-state index in [1.165, 1.54) is 0 Å². The lowest BCUT2D eigenvalue weighted by molar-refractivity contribution is 0.0989. The highest BCUT2D eigenvalue weighted by Gasteiger charge is 2.13. The number of hydrogen-bond donors (Lipinski definition) is 0. The Labute approximate surface area is 125 Å². The van der Waals surface area contributed by atoms with E-state index in [-0.39, 0.29) is 5.78 Å². The first-order valence-electron chi connectivity index (χ1n) is 5.71. The predicted octanol–water partition coefficient (Wildman–Crippen LogP) is 5.20. The second-order valence-corrected chi connectivity index (χ2v) is 5.60. The highest BCUT2D eigenvalue weighted by Crippen LogP contribution is 2.32. The van der Waals surface area contributed by atoms with Crippen LogP contribution in [0.25, 0.3) is 11.1 Å². The average Bonchev–Trinajstić information content (AvgIpc) is 2.38. The van der Waals surface area contributed by atoms with E-state index in [4.69, 9.17) is 11.6 Å². The quantitative estimate of drug-likeness (QED) is 0.536. The van der Waals surface area contributed by atoms with E-state index in [2.05, 4.69) is 22.6 Å². The first kappa shape index (κ1) is 13.6. The molecule has 0 heterocycles. The molecular weight excluding hydrogens is 359 g/mol. The molecule has 18 heavy (non-hydrogen) atoms. The van der Waals surface area contributed by atoms with E-state index in [0.717, 1.165) is 20.3 Å². The van der Waals surface area contributed by atoms with Gasteiger partial charge >= 0.3 is 0 Å². The monoisotopic (exact) mass is 370 g/mol. The van der Waals surface area contributed by atoms with Gasteiger partial charge < -0.3 is 0 Å². The summed E-state index contributed by atoms with van der Waals surface area (Å²) in [5, 5.41) is 0.671. The molecule has 0 fully saturated rings. The van der Waals surface area contributed by atoms with Crippen molar-refractivity contribution in [3.8, 4) is 11.1 Å². The minimum Gasteiger partial charge on any atom is -0.294 e. The van der Waals surface area contributed by atoms with Crippen molar-refractivity contribution in [2.45, 2.75) is 13.3 Å². The second-order valence-electron chi connectivity index (χ2n) is 3.95. The maximum absolute atomic E-state index is 12.0. The molecule has 2 aromatic rings. The topological polar surface area (TPSA) is 17.1 Å². The summed E-state index contributed by atoms with van der Waals surface area (Å²) >= 11 is 8.46. The smallest absolute Gasteiger partial charge is 0.163 e. The minimum absolute atomic E-state index is 0.140. The van der Waals surface area contributed by atoms with Crippen molar-refractivity contribution in [3.05, 3.63) is 56.6 Å². The number of Topliss-reactive ketones (excluding diaryl/α,β-unsaturated/α-hetero) is 1. The molecule has 0 aliphatic carbocycles. The van der Waals surface area contributed by atoms with E-state index in [1.54, 1.807) is 0 Å². The van der Waals surface area contributed by atoms with E-state index < -0.39 is 0 Å². The molecule has 0 N–H and O–H groups in total. The molecule has 0 aliphatic rings. The first-order valence-corrected chi connectivity index (χ1v) is 7.16. The Bertz CT molecular complexity index is 593. The van der Waals surface area contributed by atoms with Crippen LogP contribution in [0.2, 0.25) is 5.02 Å². The standard InChI is InChI=1S/C15H12ClIO/c1-2-15(18)12-8-7-10(17)9-13(12)11-5-3-4-6-14(11)16/h3-9H,2H2,1H3. The summed E-state index contributed by atoms with van der Waals surface area (Å²) < 4.78 is 1.09. The molecule has 0 spiro atoms. The van der Waals surface area contributed by atoms with Crippen LogP contribution in [0.4, 0.5) is 0 Å². The molecule has 0 unspecified atom stereocenters. The third-order valence-electron chi connectivity index (χ3n) is 2.77. The molecule has 3 heteroatoms. The Morgan fingerprint density at radius 2 is 1.89 bits per heavy atom. The van der Waals surface area contributed by atoms with Gasteiger partial charge in [-0.1, -0.05) is 36.7 Å². The van der Waals surface area contributed by atoms with Gasteiger partial charge in [0.1, 0.15) is 0 Å². The van der Waals surface area contributed by atoms with Crippen LogP contribution in [-0.4, -0.2) is 5.78 Å². The number of carbonyl (C=O) groups excluding carboxylic acids is 1. The van der Waals surface area contributed by atoms with Crippen molar-refractivity contribution < 1.29 is 4.79 Å². The molecular formula is C15H12ClIO. The summed E-state index contributed by atoms with van der Waals surface area (Å²) in [5.41, 5.74) is 2.57. The van der Waals surface area contributed by atoms with Crippen molar-refractivity contribution in [2.75, 3.05) is 0 Å². The van der Waals surface area contributed by atoms with Gasteiger partial charge in [0.25, 0.3) is 0 Å². The van der Waals surface area contributed by atoms with Crippen LogP contribution >= 0.6 is 34.2 Å². The summed E-state index contributed by atoms with van der Waals surface area (Å²) in [6, 6.07) is 13.4. The van der Waals surface area contributed by atoms with Crippen molar-refractivity contribution in [3.63, 3.8) is 0 Å². The number of halogens is 2. The minimum atomic E-state index is 0.140. The van der Waals surface area contributed by atoms with Gasteiger partial charge in [0.2, 0.25) is 0 Å². The number of carbonyl (C=O) groups is 1. The molecule has 0 aromatic heterocycles. The zero-order chi connectivity index (χ0) is 13.1. The largest absolute Gasteiger partial charge is 0.294 e. The Kier molecular flexibility index (Phi) is 4.40. The molecule has 92 valence electrons. The summed E-state index contributed by atoms with van der Waals surface area (Å²) in [7, 11) is 0. The lowest BCUT2D eigenvalue weighted by atomic mass is 9.96. The third-order valence-corrected chi connectivity index (χ3v) is 3.77. The van der Waals surface area contributed by atoms with Crippen molar-refractivity contribution in [1.29, 1.82) is 0 Å². The predicted molar refractivity (Wildman–Crippen MR) is 84.2 cm³/mol. The fourth-order valence-corrected chi connectivity index (χ4v) is 2.58. The molecule has 2 rings (SSSR count). The van der Waals surface area contributed by atoms with Crippen LogP contribution in [0, 0.1) is 3.57 Å². The normalized spacial score (nSPS) is 10.4. The molecule has 0 amide bonds. The Hall–Kier alpha value is -0.870. The van der Waals surface area contributed by atoms with Crippen LogP contribution in [0.5, 0.6) is 0 Å². The van der Waals surface area contributed by atoms with Gasteiger partial charge in [-0.05, 0) is 52.4 Å². The first-order chi connectivity index (χ1) is 8.63. The highest BCUT2D eigenvalue weighted by molar-refractivity contribution is 14.1. The van der Waals surface area contributed by atoms with Gasteiger partial charge in [0.05, 0.1) is 0 Å². The third kappa shape index (κ3) is 2.75. The summed E-state index contributed by atoms with van der Waals surface area (Å²) in [6.07, 6.45) is 0.498. The van der Waals surface area contributed by atoms with Gasteiger partial charge in [0, 0.05) is 26.1 Å². The molecule has 1 nitrogen and oxygen atoms in total.